The van der Waals surface area contributed by atoms with Gasteiger partial charge in [0, 0.05) is 5.41 Å². The van der Waals surface area contributed by atoms with Crippen LogP contribution in [0, 0.1) is 0 Å². The average Bonchev–Trinajstić information content (AvgIpc) is 3.12. The molecule has 0 nitrogen and oxygen atoms in total. The van der Waals surface area contributed by atoms with E-state index < -0.39 is 0 Å². The molecule has 0 amide bonds. The zero-order chi connectivity index (χ0) is 25.3. The fraction of sp³-hybridized carbons (Fsp3) is 0.657. The van der Waals surface area contributed by atoms with Crippen LogP contribution < -0.4 is 0 Å². The van der Waals surface area contributed by atoms with E-state index in [9.17, 15) is 0 Å². The van der Waals surface area contributed by atoms with E-state index in [-0.39, 0.29) is 5.41 Å². The van der Waals surface area contributed by atoms with Gasteiger partial charge < -0.3 is 0 Å². The van der Waals surface area contributed by atoms with Gasteiger partial charge in [0.2, 0.25) is 0 Å². The van der Waals surface area contributed by atoms with Crippen molar-refractivity contribution in [1.29, 1.82) is 0 Å². The van der Waals surface area contributed by atoms with E-state index in [2.05, 4.69) is 77.9 Å². The molecule has 0 heteroatoms. The fourth-order valence-electron chi connectivity index (χ4n) is 6.33. The van der Waals surface area contributed by atoms with Crippen molar-refractivity contribution < 1.29 is 0 Å². The van der Waals surface area contributed by atoms with Gasteiger partial charge in [-0.25, -0.2) is 0 Å². The third-order valence-electron chi connectivity index (χ3n) is 8.66. The first kappa shape index (κ1) is 28.0. The van der Waals surface area contributed by atoms with Crippen molar-refractivity contribution >= 4 is 0 Å². The van der Waals surface area contributed by atoms with Gasteiger partial charge in [-0.1, -0.05) is 155 Å². The topological polar surface area (TPSA) is 0 Å². The van der Waals surface area contributed by atoms with Crippen molar-refractivity contribution in [2.24, 2.45) is 0 Å². The van der Waals surface area contributed by atoms with E-state index in [4.69, 9.17) is 0 Å². The van der Waals surface area contributed by atoms with E-state index in [1.807, 2.05) is 0 Å². The van der Waals surface area contributed by atoms with Gasteiger partial charge in [0.15, 0.2) is 0 Å². The third-order valence-corrected chi connectivity index (χ3v) is 8.66. The summed E-state index contributed by atoms with van der Waals surface area (Å²) >= 11 is 0. The summed E-state index contributed by atoms with van der Waals surface area (Å²) in [4.78, 5) is 0. The molecule has 1 aliphatic carbocycles. The lowest BCUT2D eigenvalue weighted by molar-refractivity contribution is 0.397. The van der Waals surface area contributed by atoms with E-state index in [1.54, 1.807) is 11.1 Å². The molecule has 0 heterocycles. The van der Waals surface area contributed by atoms with Crippen LogP contribution in [0.1, 0.15) is 166 Å². The first-order valence-corrected chi connectivity index (χ1v) is 15.2. The van der Waals surface area contributed by atoms with Crippen molar-refractivity contribution in [3.63, 3.8) is 0 Å². The molecule has 0 unspecified atom stereocenters. The Bertz CT molecular complexity index is 825. The molecule has 3 rings (SSSR count). The summed E-state index contributed by atoms with van der Waals surface area (Å²) in [6, 6.07) is 14.9. The van der Waals surface area contributed by atoms with Crippen LogP contribution in [0.25, 0.3) is 11.1 Å². The molecule has 0 atom stereocenters. The molecule has 0 fully saturated rings. The Kier molecular flexibility index (Phi) is 10.9. The van der Waals surface area contributed by atoms with Crippen LogP contribution in [-0.2, 0) is 5.41 Å². The van der Waals surface area contributed by atoms with Gasteiger partial charge in [0.25, 0.3) is 0 Å². The summed E-state index contributed by atoms with van der Waals surface area (Å²) in [6.45, 7) is 14.0. The van der Waals surface area contributed by atoms with Crippen LogP contribution in [-0.4, -0.2) is 0 Å². The zero-order valence-electron chi connectivity index (χ0n) is 24.0. The van der Waals surface area contributed by atoms with E-state index in [0.29, 0.717) is 11.8 Å². The van der Waals surface area contributed by atoms with Crippen LogP contribution in [0.3, 0.4) is 0 Å². The third kappa shape index (κ3) is 6.81. The molecule has 0 aliphatic heterocycles. The van der Waals surface area contributed by atoms with Crippen molar-refractivity contribution in [1.82, 2.24) is 0 Å². The lowest BCUT2D eigenvalue weighted by atomic mass is 9.69. The zero-order valence-corrected chi connectivity index (χ0v) is 24.0. The highest BCUT2D eigenvalue weighted by molar-refractivity contribution is 5.82. The highest BCUT2D eigenvalue weighted by Gasteiger charge is 2.42. The monoisotopic (exact) mass is 474 g/mol. The molecular formula is C35H54. The van der Waals surface area contributed by atoms with Crippen molar-refractivity contribution in [3.8, 4) is 11.1 Å². The molecule has 2 aromatic carbocycles. The van der Waals surface area contributed by atoms with Gasteiger partial charge in [-0.15, -0.1) is 0 Å². The second-order valence-corrected chi connectivity index (χ2v) is 12.0. The number of hydrogen-bond acceptors (Lipinski definition) is 0. The summed E-state index contributed by atoms with van der Waals surface area (Å²) in [5.74, 6) is 1.16. The predicted octanol–water partition coefficient (Wildman–Crippen LogP) is 11.7. The molecule has 2 aromatic rings. The van der Waals surface area contributed by atoms with Gasteiger partial charge >= 0.3 is 0 Å². The van der Waals surface area contributed by atoms with Crippen LogP contribution in [0.5, 0.6) is 0 Å². The maximum absolute atomic E-state index is 2.61. The van der Waals surface area contributed by atoms with Crippen molar-refractivity contribution in [2.45, 2.75) is 149 Å². The molecule has 0 radical (unpaired) electrons. The summed E-state index contributed by atoms with van der Waals surface area (Å²) in [5.41, 5.74) is 9.58. The van der Waals surface area contributed by atoms with E-state index in [1.165, 1.54) is 112 Å². The minimum absolute atomic E-state index is 0.204. The Morgan fingerprint density at radius 3 is 1.26 bits per heavy atom. The van der Waals surface area contributed by atoms with E-state index in [0.717, 1.165) is 0 Å². The number of unbranched alkanes of at least 4 members (excludes halogenated alkanes) is 10. The van der Waals surface area contributed by atoms with Gasteiger partial charge in [-0.05, 0) is 58.1 Å². The maximum Gasteiger partial charge on any atom is 0.0215 e. The molecule has 1 aliphatic rings. The number of fused-ring (bicyclic) bond motifs is 3. The molecule has 0 saturated heterocycles. The predicted molar refractivity (Wildman–Crippen MR) is 157 cm³/mol. The Morgan fingerprint density at radius 2 is 0.886 bits per heavy atom. The van der Waals surface area contributed by atoms with Crippen molar-refractivity contribution in [3.05, 3.63) is 58.7 Å². The van der Waals surface area contributed by atoms with Crippen LogP contribution in [0.2, 0.25) is 0 Å². The van der Waals surface area contributed by atoms with Gasteiger partial charge in [-0.2, -0.15) is 0 Å². The molecule has 35 heavy (non-hydrogen) atoms. The number of hydrogen-bond donors (Lipinski definition) is 0. The molecule has 0 spiro atoms. The highest BCUT2D eigenvalue weighted by Crippen LogP contribution is 2.55. The van der Waals surface area contributed by atoms with Crippen LogP contribution in [0.4, 0.5) is 0 Å². The van der Waals surface area contributed by atoms with Crippen LogP contribution in [0.15, 0.2) is 36.4 Å². The second kappa shape index (κ2) is 13.7. The summed E-state index contributed by atoms with van der Waals surface area (Å²) in [5, 5.41) is 0. The Balaban J connectivity index is 1.97. The normalized spacial score (nSPS) is 14.1. The largest absolute Gasteiger partial charge is 0.0654 e. The van der Waals surface area contributed by atoms with Gasteiger partial charge in [0.05, 0.1) is 0 Å². The summed E-state index contributed by atoms with van der Waals surface area (Å²) in [6.07, 6.45) is 19.2. The maximum atomic E-state index is 2.61. The smallest absolute Gasteiger partial charge is 0.0215 e. The molecular weight excluding hydrogens is 420 g/mol. The summed E-state index contributed by atoms with van der Waals surface area (Å²) in [7, 11) is 0. The number of benzene rings is 2. The highest BCUT2D eigenvalue weighted by atomic mass is 14.5. The standard InChI is InChI=1S/C35H54/c1-7-9-11-13-15-17-23-35(24-18-16-14-12-10-8-2)33-25-29(27(3)4)19-21-31(33)32-22-20-30(28(5)6)26-34(32)35/h19-22,25-28H,7-18,23-24H2,1-6H3. The summed E-state index contributed by atoms with van der Waals surface area (Å²) < 4.78 is 0. The van der Waals surface area contributed by atoms with Crippen molar-refractivity contribution in [2.75, 3.05) is 0 Å². The Labute approximate surface area is 218 Å². The molecule has 0 aromatic heterocycles. The lowest BCUT2D eigenvalue weighted by Gasteiger charge is -2.34. The SMILES string of the molecule is CCCCCCCCC1(CCCCCCCC)c2cc(C(C)C)ccc2-c2ccc(C(C)C)cc21. The fourth-order valence-corrected chi connectivity index (χ4v) is 6.33. The second-order valence-electron chi connectivity index (χ2n) is 12.0. The molecule has 194 valence electrons. The quantitative estimate of drug-likeness (QED) is 0.212. The molecule has 0 bridgehead atoms. The first-order valence-electron chi connectivity index (χ1n) is 15.2. The molecule has 0 N–H and O–H groups in total. The molecule has 0 saturated carbocycles. The first-order chi connectivity index (χ1) is 16.9. The minimum Gasteiger partial charge on any atom is -0.0654 e. The van der Waals surface area contributed by atoms with Gasteiger partial charge in [-0.3, -0.25) is 0 Å². The Morgan fingerprint density at radius 1 is 0.514 bits per heavy atom. The lowest BCUT2D eigenvalue weighted by Crippen LogP contribution is -2.26. The number of rotatable bonds is 16. The Hall–Kier alpha value is -1.56. The minimum atomic E-state index is 0.204. The van der Waals surface area contributed by atoms with Crippen LogP contribution >= 0.6 is 0 Å². The average molecular weight is 475 g/mol. The van der Waals surface area contributed by atoms with E-state index >= 15 is 0 Å². The van der Waals surface area contributed by atoms with Gasteiger partial charge in [0.1, 0.15) is 0 Å².